The van der Waals surface area contributed by atoms with Gasteiger partial charge in [0, 0.05) is 37.1 Å². The van der Waals surface area contributed by atoms with E-state index in [-0.39, 0.29) is 5.91 Å². The van der Waals surface area contributed by atoms with Gasteiger partial charge >= 0.3 is 0 Å². The van der Waals surface area contributed by atoms with Crippen LogP contribution in [-0.4, -0.2) is 36.1 Å². The van der Waals surface area contributed by atoms with Crippen LogP contribution in [0.1, 0.15) is 36.2 Å². The van der Waals surface area contributed by atoms with Crippen molar-refractivity contribution in [3.63, 3.8) is 0 Å². The minimum absolute atomic E-state index is 0.144. The van der Waals surface area contributed by atoms with E-state index in [1.54, 1.807) is 13.2 Å². The van der Waals surface area contributed by atoms with E-state index in [1.807, 2.05) is 12.1 Å². The summed E-state index contributed by atoms with van der Waals surface area (Å²) >= 11 is 0. The van der Waals surface area contributed by atoms with Crippen molar-refractivity contribution in [1.29, 1.82) is 0 Å². The van der Waals surface area contributed by atoms with Gasteiger partial charge in [-0.15, -0.1) is 0 Å². The third-order valence-corrected chi connectivity index (χ3v) is 4.06. The second-order valence-electron chi connectivity index (χ2n) is 5.46. The van der Waals surface area contributed by atoms with Crippen molar-refractivity contribution in [2.75, 3.05) is 12.4 Å². The molecule has 5 nitrogen and oxygen atoms in total. The topological polar surface area (TPSA) is 66.1 Å². The number of hydrogen-bond donors (Lipinski definition) is 3. The Labute approximate surface area is 113 Å². The minimum atomic E-state index is -0.144. The molecule has 2 aliphatic rings. The summed E-state index contributed by atoms with van der Waals surface area (Å²) in [5.41, 5.74) is 1.45. The molecule has 3 rings (SSSR count). The van der Waals surface area contributed by atoms with Crippen LogP contribution in [0.4, 0.5) is 5.69 Å². The number of carbonyl (C=O) groups is 1. The molecule has 1 aromatic rings. The maximum atomic E-state index is 11.6. The maximum Gasteiger partial charge on any atom is 0.269 e. The molecule has 19 heavy (non-hydrogen) atoms. The molecule has 5 heteroatoms. The Bertz CT molecular complexity index is 464. The quantitative estimate of drug-likeness (QED) is 0.762. The molecular weight excluding hydrogens is 240 g/mol. The predicted molar refractivity (Wildman–Crippen MR) is 74.2 cm³/mol. The minimum Gasteiger partial charge on any atom is -0.382 e. The molecule has 2 bridgehead atoms. The Morgan fingerprint density at radius 1 is 1.37 bits per heavy atom. The summed E-state index contributed by atoms with van der Waals surface area (Å²) in [6, 6.07) is 5.57. The number of carbonyl (C=O) groups excluding carboxylic acids is 1. The highest BCUT2D eigenvalue weighted by Crippen LogP contribution is 2.28. The zero-order valence-electron chi connectivity index (χ0n) is 11.1. The van der Waals surface area contributed by atoms with Gasteiger partial charge in [-0.1, -0.05) is 0 Å². The van der Waals surface area contributed by atoms with Crippen LogP contribution in [0.25, 0.3) is 0 Å². The van der Waals surface area contributed by atoms with Gasteiger partial charge in [0.15, 0.2) is 0 Å². The fraction of sp³-hybridized carbons (Fsp3) is 0.571. The lowest BCUT2D eigenvalue weighted by molar-refractivity contribution is 0.0958. The molecule has 1 aromatic heterocycles. The zero-order valence-corrected chi connectivity index (χ0v) is 11.1. The first-order valence-corrected chi connectivity index (χ1v) is 6.95. The summed E-state index contributed by atoms with van der Waals surface area (Å²) in [6.45, 7) is 0. The summed E-state index contributed by atoms with van der Waals surface area (Å²) in [4.78, 5) is 15.6. The fourth-order valence-electron chi connectivity index (χ4n) is 3.18. The van der Waals surface area contributed by atoms with E-state index >= 15 is 0 Å². The molecule has 0 spiro atoms. The van der Waals surface area contributed by atoms with Gasteiger partial charge < -0.3 is 16.0 Å². The average molecular weight is 260 g/mol. The molecule has 2 atom stereocenters. The number of piperidine rings is 1. The highest BCUT2D eigenvalue weighted by molar-refractivity contribution is 5.92. The Morgan fingerprint density at radius 2 is 2.11 bits per heavy atom. The number of anilines is 1. The molecule has 2 aliphatic heterocycles. The number of pyridine rings is 1. The molecule has 1 amide bonds. The highest BCUT2D eigenvalue weighted by atomic mass is 16.1. The lowest BCUT2D eigenvalue weighted by Crippen LogP contribution is -2.43. The summed E-state index contributed by atoms with van der Waals surface area (Å²) in [5, 5.41) is 9.77. The summed E-state index contributed by atoms with van der Waals surface area (Å²) in [6.07, 6.45) is 6.59. The van der Waals surface area contributed by atoms with Crippen LogP contribution < -0.4 is 16.0 Å². The molecule has 102 valence electrons. The summed E-state index contributed by atoms with van der Waals surface area (Å²) in [5.74, 6) is -0.144. The van der Waals surface area contributed by atoms with Gasteiger partial charge in [-0.2, -0.15) is 0 Å². The van der Waals surface area contributed by atoms with Gasteiger partial charge in [0.25, 0.3) is 5.91 Å². The van der Waals surface area contributed by atoms with Gasteiger partial charge in [-0.3, -0.25) is 9.78 Å². The number of hydrogen-bond acceptors (Lipinski definition) is 4. The normalized spacial score (nSPS) is 29.0. The van der Waals surface area contributed by atoms with Crippen molar-refractivity contribution in [3.8, 4) is 0 Å². The van der Waals surface area contributed by atoms with Gasteiger partial charge in [0.2, 0.25) is 0 Å². The van der Waals surface area contributed by atoms with Gasteiger partial charge in [-0.05, 0) is 37.8 Å². The molecule has 0 saturated carbocycles. The predicted octanol–water partition coefficient (Wildman–Crippen LogP) is 1.14. The number of rotatable bonds is 3. The van der Waals surface area contributed by atoms with E-state index in [4.69, 9.17) is 0 Å². The zero-order chi connectivity index (χ0) is 13.2. The standard InChI is InChI=1S/C14H20N4O/c1-15-14(19)13-8-11(4-5-16-13)18-12-6-9-2-3-10(7-12)17-9/h4-5,8-10,12,17H,2-3,6-7H2,1H3,(H,15,19)(H,16,18). The van der Waals surface area contributed by atoms with Crippen LogP contribution in [0, 0.1) is 0 Å². The van der Waals surface area contributed by atoms with Crippen molar-refractivity contribution in [1.82, 2.24) is 15.6 Å². The number of nitrogens with zero attached hydrogens (tertiary/aromatic N) is 1. The third kappa shape index (κ3) is 2.71. The van der Waals surface area contributed by atoms with Gasteiger partial charge in [0.05, 0.1) is 0 Å². The fourth-order valence-corrected chi connectivity index (χ4v) is 3.18. The Balaban J connectivity index is 1.68. The van der Waals surface area contributed by atoms with Crippen LogP contribution in [0.15, 0.2) is 18.3 Å². The van der Waals surface area contributed by atoms with Crippen LogP contribution in [-0.2, 0) is 0 Å². The lowest BCUT2D eigenvalue weighted by atomic mass is 9.99. The first-order chi connectivity index (χ1) is 9.24. The molecule has 0 radical (unpaired) electrons. The van der Waals surface area contributed by atoms with E-state index < -0.39 is 0 Å². The number of amides is 1. The van der Waals surface area contributed by atoms with Crippen LogP contribution >= 0.6 is 0 Å². The van der Waals surface area contributed by atoms with E-state index in [0.29, 0.717) is 23.8 Å². The second-order valence-corrected chi connectivity index (χ2v) is 5.46. The lowest BCUT2D eigenvalue weighted by Gasteiger charge is -2.30. The molecule has 3 heterocycles. The Morgan fingerprint density at radius 3 is 2.79 bits per heavy atom. The van der Waals surface area contributed by atoms with Gasteiger partial charge in [-0.25, -0.2) is 0 Å². The van der Waals surface area contributed by atoms with Crippen LogP contribution in [0.3, 0.4) is 0 Å². The molecule has 2 fully saturated rings. The monoisotopic (exact) mass is 260 g/mol. The number of aromatic nitrogens is 1. The van der Waals surface area contributed by atoms with Crippen molar-refractivity contribution in [3.05, 3.63) is 24.0 Å². The molecular formula is C14H20N4O. The summed E-state index contributed by atoms with van der Waals surface area (Å²) < 4.78 is 0. The molecule has 0 aliphatic carbocycles. The smallest absolute Gasteiger partial charge is 0.269 e. The van der Waals surface area contributed by atoms with Gasteiger partial charge in [0.1, 0.15) is 5.69 Å². The Kier molecular flexibility index (Phi) is 3.38. The first kappa shape index (κ1) is 12.4. The SMILES string of the molecule is CNC(=O)c1cc(NC2CC3CCC(C2)N3)ccn1. The van der Waals surface area contributed by atoms with Crippen molar-refractivity contribution < 1.29 is 4.79 Å². The van der Waals surface area contributed by atoms with Crippen LogP contribution in [0.2, 0.25) is 0 Å². The van der Waals surface area contributed by atoms with E-state index in [1.165, 1.54) is 12.8 Å². The molecule has 3 N–H and O–H groups in total. The van der Waals surface area contributed by atoms with Crippen molar-refractivity contribution >= 4 is 11.6 Å². The number of nitrogens with one attached hydrogen (secondary N) is 3. The first-order valence-electron chi connectivity index (χ1n) is 6.95. The average Bonchev–Trinajstić information content (AvgIpc) is 2.77. The largest absolute Gasteiger partial charge is 0.382 e. The third-order valence-electron chi connectivity index (χ3n) is 4.06. The second kappa shape index (κ2) is 5.17. The maximum absolute atomic E-state index is 11.6. The van der Waals surface area contributed by atoms with E-state index in [9.17, 15) is 4.79 Å². The molecule has 2 saturated heterocycles. The molecule has 0 aromatic carbocycles. The van der Waals surface area contributed by atoms with Crippen LogP contribution in [0.5, 0.6) is 0 Å². The van der Waals surface area contributed by atoms with E-state index in [0.717, 1.165) is 18.5 Å². The van der Waals surface area contributed by atoms with E-state index in [2.05, 4.69) is 20.9 Å². The van der Waals surface area contributed by atoms with Crippen molar-refractivity contribution in [2.24, 2.45) is 0 Å². The molecule has 2 unspecified atom stereocenters. The highest BCUT2D eigenvalue weighted by Gasteiger charge is 2.33. The Hall–Kier alpha value is -1.62. The van der Waals surface area contributed by atoms with Crippen molar-refractivity contribution in [2.45, 2.75) is 43.8 Å². The summed E-state index contributed by atoms with van der Waals surface area (Å²) in [7, 11) is 1.62. The number of fused-ring (bicyclic) bond motifs is 2.